The van der Waals surface area contributed by atoms with Gasteiger partial charge in [0.15, 0.2) is 5.13 Å². The van der Waals surface area contributed by atoms with E-state index in [-0.39, 0.29) is 17.3 Å². The minimum atomic E-state index is -3.62. The van der Waals surface area contributed by atoms with E-state index in [1.165, 1.54) is 36.3 Å². The molecule has 1 aliphatic heterocycles. The zero-order valence-corrected chi connectivity index (χ0v) is 18.7. The van der Waals surface area contributed by atoms with Crippen LogP contribution in [0.25, 0.3) is 0 Å². The fourth-order valence-electron chi connectivity index (χ4n) is 3.34. The van der Waals surface area contributed by atoms with Crippen LogP contribution in [0.1, 0.15) is 48.3 Å². The highest BCUT2D eigenvalue weighted by atomic mass is 32.2. The third kappa shape index (κ3) is 5.63. The second-order valence-electron chi connectivity index (χ2n) is 7.53. The molecule has 0 spiro atoms. The molecule has 0 aliphatic carbocycles. The Balaban J connectivity index is 1.68. The highest BCUT2D eigenvalue weighted by molar-refractivity contribution is 7.89. The molecular weight excluding hydrogens is 408 g/mol. The number of hydrogen-bond donors (Lipinski definition) is 2. The van der Waals surface area contributed by atoms with E-state index in [1.54, 1.807) is 19.9 Å². The first kappa shape index (κ1) is 21.9. The molecule has 2 heterocycles. The molecule has 2 aromatic rings. The van der Waals surface area contributed by atoms with Gasteiger partial charge in [0, 0.05) is 24.0 Å². The number of thiazole rings is 1. The number of anilines is 1. The highest BCUT2D eigenvalue weighted by Crippen LogP contribution is 2.22. The Morgan fingerprint density at radius 3 is 2.72 bits per heavy atom. The number of carbonyl (C=O) groups is 1. The van der Waals surface area contributed by atoms with Gasteiger partial charge in [-0.15, -0.1) is 11.3 Å². The third-order valence-electron chi connectivity index (χ3n) is 5.13. The van der Waals surface area contributed by atoms with Crippen LogP contribution < -0.4 is 10.0 Å². The summed E-state index contributed by atoms with van der Waals surface area (Å²) in [6.07, 6.45) is 2.41. The number of nitrogens with one attached hydrogen (secondary N) is 2. The van der Waals surface area contributed by atoms with Gasteiger partial charge in [0.1, 0.15) is 0 Å². The topological polar surface area (TPSA) is 91.4 Å². The summed E-state index contributed by atoms with van der Waals surface area (Å²) >= 11 is 1.39. The van der Waals surface area contributed by atoms with Gasteiger partial charge >= 0.3 is 0 Å². The van der Waals surface area contributed by atoms with Crippen LogP contribution in [-0.4, -0.2) is 43.8 Å². The Kier molecular flexibility index (Phi) is 7.05. The number of carbonyl (C=O) groups excluding carboxylic acids is 1. The number of amides is 1. The lowest BCUT2D eigenvalue weighted by Gasteiger charge is -2.29. The fraction of sp³-hybridized carbons (Fsp3) is 0.500. The molecule has 0 radical (unpaired) electrons. The summed E-state index contributed by atoms with van der Waals surface area (Å²) in [5.41, 5.74) is 1.97. The zero-order valence-electron chi connectivity index (χ0n) is 17.1. The van der Waals surface area contributed by atoms with Crippen molar-refractivity contribution < 1.29 is 13.2 Å². The molecule has 0 saturated carbocycles. The molecule has 0 bridgehead atoms. The first-order valence-electron chi connectivity index (χ1n) is 9.87. The standard InChI is InChI=1S/C20H28N4O3S2/c1-4-21-29(26,27)17-6-5-15(3)18(11-17)19(25)23-20-22-16(13-28-20)12-24-9-7-14(2)8-10-24/h5-6,11,13-14,21H,4,7-10,12H2,1-3H3,(H,22,23,25). The first-order chi connectivity index (χ1) is 13.8. The number of aromatic nitrogens is 1. The molecule has 3 rings (SSSR count). The van der Waals surface area contributed by atoms with Crippen molar-refractivity contribution in [2.75, 3.05) is 25.0 Å². The highest BCUT2D eigenvalue weighted by Gasteiger charge is 2.19. The zero-order chi connectivity index (χ0) is 21.0. The number of nitrogens with zero attached hydrogens (tertiary/aromatic N) is 2. The van der Waals surface area contributed by atoms with Crippen molar-refractivity contribution in [2.45, 2.75) is 45.1 Å². The quantitative estimate of drug-likeness (QED) is 0.695. The normalized spacial score (nSPS) is 16.1. The maximum Gasteiger partial charge on any atom is 0.257 e. The van der Waals surface area contributed by atoms with Crippen molar-refractivity contribution in [1.29, 1.82) is 0 Å². The summed E-state index contributed by atoms with van der Waals surface area (Å²) in [5.74, 6) is 0.427. The summed E-state index contributed by atoms with van der Waals surface area (Å²) < 4.78 is 26.9. The predicted molar refractivity (Wildman–Crippen MR) is 116 cm³/mol. The minimum absolute atomic E-state index is 0.0780. The number of sulfonamides is 1. The van der Waals surface area contributed by atoms with E-state index in [4.69, 9.17) is 0 Å². The van der Waals surface area contributed by atoms with Gasteiger partial charge in [-0.2, -0.15) is 0 Å². The second-order valence-corrected chi connectivity index (χ2v) is 10.2. The average molecular weight is 437 g/mol. The summed E-state index contributed by atoms with van der Waals surface area (Å²) in [7, 11) is -3.62. The Bertz CT molecular complexity index is 964. The molecule has 1 aromatic carbocycles. The predicted octanol–water partition coefficient (Wildman–Crippen LogP) is 3.23. The summed E-state index contributed by atoms with van der Waals surface area (Å²) in [5, 5.41) is 5.30. The van der Waals surface area contributed by atoms with Crippen molar-refractivity contribution in [3.63, 3.8) is 0 Å². The molecule has 1 saturated heterocycles. The first-order valence-corrected chi connectivity index (χ1v) is 12.2. The molecule has 1 fully saturated rings. The Hall–Kier alpha value is -1.81. The van der Waals surface area contributed by atoms with E-state index >= 15 is 0 Å². The van der Waals surface area contributed by atoms with Crippen LogP contribution in [0.15, 0.2) is 28.5 Å². The molecule has 1 aromatic heterocycles. The van der Waals surface area contributed by atoms with E-state index in [0.717, 1.165) is 31.2 Å². The molecule has 7 nitrogen and oxygen atoms in total. The van der Waals surface area contributed by atoms with Crippen molar-refractivity contribution in [3.05, 3.63) is 40.4 Å². The van der Waals surface area contributed by atoms with Gasteiger partial charge < -0.3 is 0 Å². The van der Waals surface area contributed by atoms with Crippen LogP contribution in [0.4, 0.5) is 5.13 Å². The van der Waals surface area contributed by atoms with Gasteiger partial charge in [0.2, 0.25) is 10.0 Å². The van der Waals surface area contributed by atoms with Gasteiger partial charge in [-0.3, -0.25) is 15.0 Å². The average Bonchev–Trinajstić information content (AvgIpc) is 3.10. The monoisotopic (exact) mass is 436 g/mol. The van der Waals surface area contributed by atoms with Gasteiger partial charge in [-0.25, -0.2) is 18.1 Å². The van der Waals surface area contributed by atoms with Crippen molar-refractivity contribution in [2.24, 2.45) is 5.92 Å². The largest absolute Gasteiger partial charge is 0.298 e. The van der Waals surface area contributed by atoms with Gasteiger partial charge in [-0.05, 0) is 56.5 Å². The number of piperidine rings is 1. The van der Waals surface area contributed by atoms with E-state index < -0.39 is 10.0 Å². The lowest BCUT2D eigenvalue weighted by atomic mass is 9.99. The Morgan fingerprint density at radius 1 is 1.31 bits per heavy atom. The fourth-order valence-corrected chi connectivity index (χ4v) is 5.10. The maximum atomic E-state index is 12.7. The number of benzene rings is 1. The lowest BCUT2D eigenvalue weighted by molar-refractivity contribution is 0.102. The summed E-state index contributed by atoms with van der Waals surface area (Å²) in [4.78, 5) is 19.7. The molecule has 1 aliphatic rings. The smallest absolute Gasteiger partial charge is 0.257 e. The van der Waals surface area contributed by atoms with Crippen LogP contribution in [0.2, 0.25) is 0 Å². The van der Waals surface area contributed by atoms with Gasteiger partial charge in [0.05, 0.1) is 10.6 Å². The van der Waals surface area contributed by atoms with Crippen LogP contribution in [-0.2, 0) is 16.6 Å². The molecule has 158 valence electrons. The number of rotatable bonds is 7. The molecule has 29 heavy (non-hydrogen) atoms. The van der Waals surface area contributed by atoms with Crippen LogP contribution in [0, 0.1) is 12.8 Å². The van der Waals surface area contributed by atoms with Gasteiger partial charge in [0.25, 0.3) is 5.91 Å². The summed E-state index contributed by atoms with van der Waals surface area (Å²) in [6, 6.07) is 4.56. The SMILES string of the molecule is CCNS(=O)(=O)c1ccc(C)c(C(=O)Nc2nc(CN3CCC(C)CC3)cs2)c1. The molecule has 9 heteroatoms. The second kappa shape index (κ2) is 9.34. The Labute approximate surface area is 176 Å². The van der Waals surface area contributed by atoms with E-state index in [0.29, 0.717) is 16.3 Å². The van der Waals surface area contributed by atoms with E-state index in [9.17, 15) is 13.2 Å². The molecule has 0 unspecified atom stereocenters. The molecule has 0 atom stereocenters. The van der Waals surface area contributed by atoms with Crippen molar-refractivity contribution >= 4 is 32.4 Å². The third-order valence-corrected chi connectivity index (χ3v) is 7.48. The summed E-state index contributed by atoms with van der Waals surface area (Å²) in [6.45, 7) is 9.00. The number of aryl methyl sites for hydroxylation is 1. The van der Waals surface area contributed by atoms with Gasteiger partial charge in [-0.1, -0.05) is 19.9 Å². The van der Waals surface area contributed by atoms with E-state index in [2.05, 4.69) is 26.8 Å². The maximum absolute atomic E-state index is 12.7. The molecular formula is C20H28N4O3S2. The van der Waals surface area contributed by atoms with Crippen LogP contribution in [0.3, 0.4) is 0 Å². The Morgan fingerprint density at radius 2 is 2.03 bits per heavy atom. The lowest BCUT2D eigenvalue weighted by Crippen LogP contribution is -2.32. The van der Waals surface area contributed by atoms with Crippen LogP contribution >= 0.6 is 11.3 Å². The number of hydrogen-bond acceptors (Lipinski definition) is 6. The molecule has 1 amide bonds. The van der Waals surface area contributed by atoms with Crippen molar-refractivity contribution in [1.82, 2.24) is 14.6 Å². The minimum Gasteiger partial charge on any atom is -0.298 e. The van der Waals surface area contributed by atoms with Crippen molar-refractivity contribution in [3.8, 4) is 0 Å². The van der Waals surface area contributed by atoms with Crippen LogP contribution in [0.5, 0.6) is 0 Å². The number of likely N-dealkylation sites (tertiary alicyclic amines) is 1. The molecule has 2 N–H and O–H groups in total. The van der Waals surface area contributed by atoms with E-state index in [1.807, 2.05) is 5.38 Å².